The highest BCUT2D eigenvalue weighted by atomic mass is 35.5. The van der Waals surface area contributed by atoms with E-state index in [-0.39, 0.29) is 15.7 Å². The van der Waals surface area contributed by atoms with Crippen molar-refractivity contribution in [3.63, 3.8) is 0 Å². The fraction of sp³-hybridized carbons (Fsp3) is 0. The van der Waals surface area contributed by atoms with E-state index in [0.717, 1.165) is 11.5 Å². The summed E-state index contributed by atoms with van der Waals surface area (Å²) in [5.41, 5.74) is 0.909. The second-order valence-electron chi connectivity index (χ2n) is 4.46. The van der Waals surface area contributed by atoms with Gasteiger partial charge in [-0.25, -0.2) is 0 Å². The van der Waals surface area contributed by atoms with Crippen LogP contribution >= 0.6 is 23.1 Å². The van der Waals surface area contributed by atoms with Crippen LogP contribution in [0.2, 0.25) is 5.02 Å². The minimum atomic E-state index is -4.31. The van der Waals surface area contributed by atoms with E-state index in [1.807, 2.05) is 0 Å². The van der Waals surface area contributed by atoms with Crippen molar-refractivity contribution in [2.45, 2.75) is 4.90 Å². The summed E-state index contributed by atoms with van der Waals surface area (Å²) in [6.07, 6.45) is 0. The molecule has 10 heteroatoms. The number of azo groups is 1. The van der Waals surface area contributed by atoms with Gasteiger partial charge in [-0.05, 0) is 41.9 Å². The van der Waals surface area contributed by atoms with Crippen LogP contribution in [-0.2, 0) is 10.1 Å². The lowest BCUT2D eigenvalue weighted by atomic mass is 10.2. The molecule has 1 N–H and O–H groups in total. The smallest absolute Gasteiger partial charge is 0.294 e. The molecule has 0 radical (unpaired) electrons. The Kier molecular flexibility index (Phi) is 4.02. The molecule has 0 bridgehead atoms. The molecule has 0 aliphatic heterocycles. The molecule has 0 saturated carbocycles. The summed E-state index contributed by atoms with van der Waals surface area (Å²) in [6, 6.07) is 8.11. The van der Waals surface area contributed by atoms with Crippen molar-refractivity contribution in [2.24, 2.45) is 10.2 Å². The van der Waals surface area contributed by atoms with Crippen molar-refractivity contribution in [2.75, 3.05) is 0 Å². The van der Waals surface area contributed by atoms with Crippen molar-refractivity contribution in [3.8, 4) is 5.75 Å². The first-order valence-electron chi connectivity index (χ1n) is 6.10. The molecule has 0 aliphatic carbocycles. The minimum Gasteiger partial charge on any atom is -0.871 e. The van der Waals surface area contributed by atoms with Crippen molar-refractivity contribution in [1.82, 2.24) is 4.37 Å². The van der Waals surface area contributed by atoms with Crippen LogP contribution in [0, 0.1) is 0 Å². The normalized spacial score (nSPS) is 12.3. The van der Waals surface area contributed by atoms with E-state index in [1.54, 1.807) is 0 Å². The fourth-order valence-corrected chi connectivity index (χ4v) is 3.16. The zero-order valence-corrected chi connectivity index (χ0v) is 13.6. The first-order chi connectivity index (χ1) is 10.8. The summed E-state index contributed by atoms with van der Waals surface area (Å²) >= 11 is 6.75. The predicted octanol–water partition coefficient (Wildman–Crippen LogP) is 3.69. The summed E-state index contributed by atoms with van der Waals surface area (Å²) in [4.78, 5) is -0.250. The largest absolute Gasteiger partial charge is 0.871 e. The van der Waals surface area contributed by atoms with Gasteiger partial charge < -0.3 is 5.11 Å². The SMILES string of the molecule is O=S(=O)(O)c1ccc2nsc(N=Nc3ccc([O-])c(Cl)c3)c2c1. The van der Waals surface area contributed by atoms with Crippen molar-refractivity contribution >= 4 is 54.8 Å². The Hall–Kier alpha value is -2.07. The van der Waals surface area contributed by atoms with Gasteiger partial charge in [0.05, 0.1) is 16.1 Å². The van der Waals surface area contributed by atoms with Gasteiger partial charge in [0.2, 0.25) is 0 Å². The van der Waals surface area contributed by atoms with Gasteiger partial charge in [0, 0.05) is 10.4 Å². The molecule has 0 amide bonds. The maximum Gasteiger partial charge on any atom is 0.294 e. The molecule has 3 aromatic rings. The molecule has 23 heavy (non-hydrogen) atoms. The van der Waals surface area contributed by atoms with Crippen LogP contribution in [-0.4, -0.2) is 17.3 Å². The minimum absolute atomic E-state index is 0.0317. The van der Waals surface area contributed by atoms with E-state index < -0.39 is 10.1 Å². The predicted molar refractivity (Wildman–Crippen MR) is 84.5 cm³/mol. The summed E-state index contributed by atoms with van der Waals surface area (Å²) < 4.78 is 35.6. The fourth-order valence-electron chi connectivity index (χ4n) is 1.80. The lowest BCUT2D eigenvalue weighted by Gasteiger charge is -2.06. The van der Waals surface area contributed by atoms with Crippen LogP contribution in [0.3, 0.4) is 0 Å². The average molecular weight is 369 g/mol. The van der Waals surface area contributed by atoms with Crippen LogP contribution in [0.25, 0.3) is 10.9 Å². The zero-order chi connectivity index (χ0) is 16.6. The first-order valence-corrected chi connectivity index (χ1v) is 8.69. The summed E-state index contributed by atoms with van der Waals surface area (Å²) in [5, 5.41) is 20.0. The molecule has 0 aliphatic rings. The monoisotopic (exact) mass is 368 g/mol. The maximum absolute atomic E-state index is 11.2. The molecule has 0 saturated heterocycles. The molecule has 1 aromatic heterocycles. The summed E-state index contributed by atoms with van der Waals surface area (Å²) in [5.74, 6) is -0.313. The highest BCUT2D eigenvalue weighted by Gasteiger charge is 2.13. The third kappa shape index (κ3) is 3.32. The Labute approximate surface area is 139 Å². The topological polar surface area (TPSA) is 115 Å². The number of nitrogens with zero attached hydrogens (tertiary/aromatic N) is 3. The van der Waals surface area contributed by atoms with Crippen molar-refractivity contribution in [3.05, 3.63) is 41.4 Å². The molecule has 2 aromatic carbocycles. The van der Waals surface area contributed by atoms with Gasteiger partial charge in [-0.2, -0.15) is 12.8 Å². The molecule has 0 unspecified atom stereocenters. The summed E-state index contributed by atoms with van der Waals surface area (Å²) in [6.45, 7) is 0. The van der Waals surface area contributed by atoms with Gasteiger partial charge in [0.15, 0.2) is 5.00 Å². The number of rotatable bonds is 3. The lowest BCUT2D eigenvalue weighted by molar-refractivity contribution is -0.268. The number of benzene rings is 2. The van der Waals surface area contributed by atoms with Gasteiger partial charge in [-0.3, -0.25) is 4.55 Å². The molecular formula is C13H7ClN3O4S2-. The van der Waals surface area contributed by atoms with E-state index >= 15 is 0 Å². The second kappa shape index (κ2) is 5.85. The van der Waals surface area contributed by atoms with Gasteiger partial charge in [-0.15, -0.1) is 10.2 Å². The molecule has 3 rings (SSSR count). The van der Waals surface area contributed by atoms with Crippen LogP contribution < -0.4 is 5.11 Å². The van der Waals surface area contributed by atoms with Crippen LogP contribution in [0.4, 0.5) is 10.7 Å². The van der Waals surface area contributed by atoms with Crippen LogP contribution in [0.5, 0.6) is 5.75 Å². The van der Waals surface area contributed by atoms with Crippen LogP contribution in [0.1, 0.15) is 0 Å². The third-order valence-corrected chi connectivity index (χ3v) is 4.81. The Morgan fingerprint density at radius 1 is 1.17 bits per heavy atom. The number of hydrogen-bond acceptors (Lipinski definition) is 7. The van der Waals surface area contributed by atoms with E-state index in [9.17, 15) is 13.5 Å². The van der Waals surface area contributed by atoms with Gasteiger partial charge in [-0.1, -0.05) is 23.4 Å². The van der Waals surface area contributed by atoms with Gasteiger partial charge >= 0.3 is 0 Å². The second-order valence-corrected chi connectivity index (χ2v) is 7.04. The molecule has 0 spiro atoms. The van der Waals surface area contributed by atoms with E-state index in [2.05, 4.69) is 14.6 Å². The standard InChI is InChI=1S/C13H8ClN3O4S2/c14-10-5-7(1-4-12(10)18)15-16-13-9-6-8(23(19,20)21)2-3-11(9)17-22-13/h1-6,18H,(H,19,20,21)/p-1. The highest BCUT2D eigenvalue weighted by Crippen LogP contribution is 2.34. The Morgan fingerprint density at radius 2 is 1.96 bits per heavy atom. The molecule has 1 heterocycles. The lowest BCUT2D eigenvalue weighted by Crippen LogP contribution is -1.96. The molecule has 118 valence electrons. The number of halogens is 1. The number of hydrogen-bond donors (Lipinski definition) is 1. The molecular weight excluding hydrogens is 362 g/mol. The zero-order valence-electron chi connectivity index (χ0n) is 11.2. The number of fused-ring (bicyclic) bond motifs is 1. The Bertz CT molecular complexity index is 1030. The van der Waals surface area contributed by atoms with E-state index in [1.165, 1.54) is 36.4 Å². The maximum atomic E-state index is 11.2. The third-order valence-electron chi connectivity index (χ3n) is 2.90. The molecule has 7 nitrogen and oxygen atoms in total. The Morgan fingerprint density at radius 3 is 2.65 bits per heavy atom. The first kappa shape index (κ1) is 15.8. The van der Waals surface area contributed by atoms with Crippen molar-refractivity contribution in [1.29, 1.82) is 0 Å². The van der Waals surface area contributed by atoms with Crippen molar-refractivity contribution < 1.29 is 18.1 Å². The van der Waals surface area contributed by atoms with Gasteiger partial charge in [0.1, 0.15) is 0 Å². The summed E-state index contributed by atoms with van der Waals surface area (Å²) in [7, 11) is -4.31. The number of aromatic nitrogens is 1. The van der Waals surface area contributed by atoms with E-state index in [4.69, 9.17) is 16.2 Å². The molecule has 0 atom stereocenters. The Balaban J connectivity index is 2.02. The highest BCUT2D eigenvalue weighted by molar-refractivity contribution is 7.85. The van der Waals surface area contributed by atoms with Crippen LogP contribution in [0.15, 0.2) is 51.5 Å². The van der Waals surface area contributed by atoms with E-state index in [0.29, 0.717) is 21.6 Å². The molecule has 0 fully saturated rings. The average Bonchev–Trinajstić information content (AvgIpc) is 2.90. The van der Waals surface area contributed by atoms with Gasteiger partial charge in [0.25, 0.3) is 10.1 Å². The quantitative estimate of drug-likeness (QED) is 0.559.